The Morgan fingerprint density at radius 3 is 2.80 bits per heavy atom. The number of nitrogens with zero attached hydrogens (tertiary/aromatic N) is 1. The normalized spacial score (nSPS) is 10.3. The highest BCUT2D eigenvalue weighted by Gasteiger charge is 2.06. The fourth-order valence-electron chi connectivity index (χ4n) is 1.39. The maximum atomic E-state index is 10.6. The van der Waals surface area contributed by atoms with Crippen molar-refractivity contribution in [1.29, 1.82) is 0 Å². The molecule has 0 aliphatic rings. The fourth-order valence-corrected chi connectivity index (χ4v) is 2.02. The number of fused-ring (bicyclic) bond motifs is 1. The van der Waals surface area contributed by atoms with Gasteiger partial charge in [0.1, 0.15) is 11.4 Å². The van der Waals surface area contributed by atoms with Crippen molar-refractivity contribution >= 4 is 33.1 Å². The molecule has 0 saturated carbocycles. The van der Waals surface area contributed by atoms with Crippen molar-refractivity contribution in [3.63, 3.8) is 0 Å². The monoisotopic (exact) mass is 265 g/mol. The number of aromatic nitrogens is 1. The Bertz CT molecular complexity index is 525. The molecule has 4 heteroatoms. The number of benzene rings is 1. The van der Waals surface area contributed by atoms with Gasteiger partial charge in [-0.2, -0.15) is 0 Å². The van der Waals surface area contributed by atoms with Crippen LogP contribution in [0.1, 0.15) is 10.5 Å². The van der Waals surface area contributed by atoms with Gasteiger partial charge >= 0.3 is 0 Å². The van der Waals surface area contributed by atoms with Crippen molar-refractivity contribution in [3.8, 4) is 5.75 Å². The van der Waals surface area contributed by atoms with Crippen LogP contribution in [0.25, 0.3) is 10.9 Å². The Hall–Kier alpha value is -1.42. The van der Waals surface area contributed by atoms with Crippen LogP contribution in [0, 0.1) is 0 Å². The zero-order valence-electron chi connectivity index (χ0n) is 8.03. The number of hydrogen-bond acceptors (Lipinski definition) is 3. The quantitative estimate of drug-likeness (QED) is 0.784. The van der Waals surface area contributed by atoms with Gasteiger partial charge in [-0.15, -0.1) is 0 Å². The molecule has 0 aliphatic heterocycles. The largest absolute Gasteiger partial charge is 0.496 e. The number of methoxy groups -OCH3 is 1. The number of halogens is 1. The molecule has 1 aromatic carbocycles. The van der Waals surface area contributed by atoms with Crippen molar-refractivity contribution in [2.75, 3.05) is 7.11 Å². The molecule has 0 fully saturated rings. The van der Waals surface area contributed by atoms with E-state index in [0.717, 1.165) is 27.4 Å². The first-order valence-corrected chi connectivity index (χ1v) is 5.14. The molecule has 0 spiro atoms. The van der Waals surface area contributed by atoms with E-state index in [0.29, 0.717) is 5.69 Å². The molecular formula is C11H8BrNO2. The summed E-state index contributed by atoms with van der Waals surface area (Å²) in [5.74, 6) is 0.753. The number of aldehydes is 1. The lowest BCUT2D eigenvalue weighted by molar-refractivity contribution is 0.111. The molecule has 0 radical (unpaired) electrons. The van der Waals surface area contributed by atoms with Gasteiger partial charge in [0.05, 0.1) is 17.1 Å². The van der Waals surface area contributed by atoms with E-state index in [1.54, 1.807) is 13.2 Å². The number of pyridine rings is 1. The first-order valence-electron chi connectivity index (χ1n) is 4.34. The van der Waals surface area contributed by atoms with E-state index in [-0.39, 0.29) is 0 Å². The summed E-state index contributed by atoms with van der Waals surface area (Å²) in [5.41, 5.74) is 1.20. The van der Waals surface area contributed by atoms with Crippen molar-refractivity contribution in [1.82, 2.24) is 4.98 Å². The summed E-state index contributed by atoms with van der Waals surface area (Å²) in [6.45, 7) is 0. The molecule has 0 unspecified atom stereocenters. The number of ether oxygens (including phenoxy) is 1. The number of rotatable bonds is 2. The minimum atomic E-state index is 0.430. The molecule has 2 rings (SSSR count). The smallest absolute Gasteiger partial charge is 0.168 e. The maximum Gasteiger partial charge on any atom is 0.168 e. The first kappa shape index (κ1) is 10.1. The summed E-state index contributed by atoms with van der Waals surface area (Å²) in [6, 6.07) is 7.16. The molecule has 0 atom stereocenters. The third-order valence-electron chi connectivity index (χ3n) is 2.13. The van der Waals surface area contributed by atoms with Crippen molar-refractivity contribution in [3.05, 3.63) is 34.4 Å². The molecule has 0 amide bonds. The van der Waals surface area contributed by atoms with Crippen LogP contribution in [0.15, 0.2) is 28.7 Å². The highest BCUT2D eigenvalue weighted by atomic mass is 79.9. The van der Waals surface area contributed by atoms with Crippen LogP contribution in [0.4, 0.5) is 0 Å². The van der Waals surface area contributed by atoms with Gasteiger partial charge in [0, 0.05) is 5.39 Å². The molecule has 0 bridgehead atoms. The minimum absolute atomic E-state index is 0.430. The highest BCUT2D eigenvalue weighted by molar-refractivity contribution is 9.10. The van der Waals surface area contributed by atoms with Gasteiger partial charge in [-0.25, -0.2) is 4.98 Å². The van der Waals surface area contributed by atoms with E-state index in [4.69, 9.17) is 4.74 Å². The zero-order valence-corrected chi connectivity index (χ0v) is 9.61. The van der Waals surface area contributed by atoms with Crippen LogP contribution in [0.5, 0.6) is 5.75 Å². The van der Waals surface area contributed by atoms with Crippen LogP contribution in [-0.2, 0) is 0 Å². The highest BCUT2D eigenvalue weighted by Crippen LogP contribution is 2.31. The molecule has 0 saturated heterocycles. The third kappa shape index (κ3) is 1.72. The Balaban J connectivity index is 2.73. The van der Waals surface area contributed by atoms with Gasteiger partial charge in [0.2, 0.25) is 0 Å². The molecule has 15 heavy (non-hydrogen) atoms. The number of hydrogen-bond donors (Lipinski definition) is 0. The molecule has 0 aliphatic carbocycles. The Kier molecular flexibility index (Phi) is 2.68. The zero-order chi connectivity index (χ0) is 10.8. The third-order valence-corrected chi connectivity index (χ3v) is 2.95. The van der Waals surface area contributed by atoms with Gasteiger partial charge in [-0.1, -0.05) is 0 Å². The van der Waals surface area contributed by atoms with E-state index >= 15 is 0 Å². The molecule has 2 aromatic rings. The second kappa shape index (κ2) is 3.98. The molecule has 76 valence electrons. The van der Waals surface area contributed by atoms with Gasteiger partial charge in [0.25, 0.3) is 0 Å². The Morgan fingerprint density at radius 2 is 2.13 bits per heavy atom. The summed E-state index contributed by atoms with van der Waals surface area (Å²) in [7, 11) is 1.61. The summed E-state index contributed by atoms with van der Waals surface area (Å²) in [5, 5.41) is 0.931. The predicted molar refractivity (Wildman–Crippen MR) is 61.4 cm³/mol. The van der Waals surface area contributed by atoms with Gasteiger partial charge in [0.15, 0.2) is 6.29 Å². The Morgan fingerprint density at radius 1 is 1.33 bits per heavy atom. The second-order valence-electron chi connectivity index (χ2n) is 3.00. The van der Waals surface area contributed by atoms with Crippen LogP contribution >= 0.6 is 15.9 Å². The van der Waals surface area contributed by atoms with E-state index in [2.05, 4.69) is 20.9 Å². The summed E-state index contributed by atoms with van der Waals surface area (Å²) >= 11 is 3.44. The average Bonchev–Trinajstić information content (AvgIpc) is 2.29. The van der Waals surface area contributed by atoms with Crippen molar-refractivity contribution < 1.29 is 9.53 Å². The average molecular weight is 266 g/mol. The van der Waals surface area contributed by atoms with Crippen molar-refractivity contribution in [2.45, 2.75) is 0 Å². The van der Waals surface area contributed by atoms with Gasteiger partial charge in [-0.3, -0.25) is 4.79 Å². The molecule has 3 nitrogen and oxygen atoms in total. The first-order chi connectivity index (χ1) is 7.26. The molecule has 0 N–H and O–H groups in total. The molecule has 1 heterocycles. The van der Waals surface area contributed by atoms with E-state index in [1.165, 1.54) is 0 Å². The lowest BCUT2D eigenvalue weighted by Crippen LogP contribution is -1.90. The van der Waals surface area contributed by atoms with Crippen molar-refractivity contribution in [2.24, 2.45) is 0 Å². The summed E-state index contributed by atoms with van der Waals surface area (Å²) < 4.78 is 6.02. The molecular weight excluding hydrogens is 258 g/mol. The standard InChI is InChI=1S/C11H8BrNO2/c1-15-10-5-4-9-8(11(10)12)3-2-7(6-14)13-9/h2-6H,1H3. The maximum absolute atomic E-state index is 10.6. The van der Waals surface area contributed by atoms with E-state index in [1.807, 2.05) is 18.2 Å². The topological polar surface area (TPSA) is 39.2 Å². The lowest BCUT2D eigenvalue weighted by atomic mass is 10.2. The predicted octanol–water partition coefficient (Wildman–Crippen LogP) is 2.82. The van der Waals surface area contributed by atoms with Crippen LogP contribution < -0.4 is 4.74 Å². The minimum Gasteiger partial charge on any atom is -0.496 e. The number of carbonyl (C=O) groups excluding carboxylic acids is 1. The summed E-state index contributed by atoms with van der Waals surface area (Å²) in [6.07, 6.45) is 0.734. The van der Waals surface area contributed by atoms with Crippen LogP contribution in [0.2, 0.25) is 0 Å². The SMILES string of the molecule is COc1ccc2nc(C=O)ccc2c1Br. The van der Waals surface area contributed by atoms with Gasteiger partial charge < -0.3 is 4.74 Å². The van der Waals surface area contributed by atoms with E-state index < -0.39 is 0 Å². The van der Waals surface area contributed by atoms with Gasteiger partial charge in [-0.05, 0) is 40.2 Å². The second-order valence-corrected chi connectivity index (χ2v) is 3.80. The lowest BCUT2D eigenvalue weighted by Gasteiger charge is -2.06. The Labute approximate surface area is 95.2 Å². The molecule has 1 aromatic heterocycles. The van der Waals surface area contributed by atoms with E-state index in [9.17, 15) is 4.79 Å². The number of carbonyl (C=O) groups is 1. The fraction of sp³-hybridized carbons (Fsp3) is 0.0909. The van der Waals surface area contributed by atoms with Crippen LogP contribution in [0.3, 0.4) is 0 Å². The summed E-state index contributed by atoms with van der Waals surface area (Å²) in [4.78, 5) is 14.7. The van der Waals surface area contributed by atoms with Crippen LogP contribution in [-0.4, -0.2) is 18.4 Å².